The molecule has 0 atom stereocenters. The first-order chi connectivity index (χ1) is 7.09. The normalized spacial score (nSPS) is 14.9. The molecule has 3 heteroatoms. The van der Waals surface area contributed by atoms with E-state index < -0.39 is 0 Å². The lowest BCUT2D eigenvalue weighted by Crippen LogP contribution is -2.27. The number of hydrogen-bond acceptors (Lipinski definition) is 1. The van der Waals surface area contributed by atoms with Gasteiger partial charge in [0.15, 0.2) is 0 Å². The van der Waals surface area contributed by atoms with Gasteiger partial charge < -0.3 is 4.90 Å². The van der Waals surface area contributed by atoms with Gasteiger partial charge in [-0.05, 0) is 18.1 Å². The number of amides is 1. The fourth-order valence-corrected chi connectivity index (χ4v) is 1.94. The molecule has 1 aliphatic heterocycles. The van der Waals surface area contributed by atoms with Crippen LogP contribution in [0.3, 0.4) is 0 Å². The number of carbonyl (C=O) groups excluding carboxylic acids is 1. The molecule has 0 spiro atoms. The maximum atomic E-state index is 13.4. The Morgan fingerprint density at radius 2 is 2.20 bits per heavy atom. The van der Waals surface area contributed by atoms with Crippen molar-refractivity contribution in [3.8, 4) is 0 Å². The van der Waals surface area contributed by atoms with Crippen LogP contribution in [0.1, 0.15) is 29.8 Å². The van der Waals surface area contributed by atoms with Crippen molar-refractivity contribution in [3.63, 3.8) is 0 Å². The highest BCUT2D eigenvalue weighted by Crippen LogP contribution is 2.25. The molecule has 1 amide bonds. The first-order valence-corrected chi connectivity index (χ1v) is 5.16. The van der Waals surface area contributed by atoms with E-state index >= 15 is 0 Å². The highest BCUT2D eigenvalue weighted by atomic mass is 19.1. The van der Waals surface area contributed by atoms with Crippen LogP contribution in [0, 0.1) is 11.7 Å². The molecule has 0 aliphatic carbocycles. The fraction of sp³-hybridized carbons (Fsp3) is 0.417. The van der Waals surface area contributed by atoms with Gasteiger partial charge in [-0.2, -0.15) is 0 Å². The van der Waals surface area contributed by atoms with Gasteiger partial charge in [0.25, 0.3) is 5.91 Å². The summed E-state index contributed by atoms with van der Waals surface area (Å²) >= 11 is 0. The molecule has 1 aromatic rings. The van der Waals surface area contributed by atoms with Crippen LogP contribution in [-0.4, -0.2) is 17.4 Å². The molecule has 1 aliphatic rings. The van der Waals surface area contributed by atoms with Crippen molar-refractivity contribution in [2.75, 3.05) is 6.54 Å². The van der Waals surface area contributed by atoms with E-state index in [2.05, 4.69) is 0 Å². The zero-order valence-corrected chi connectivity index (χ0v) is 8.96. The third-order valence-corrected chi connectivity index (χ3v) is 2.57. The fourth-order valence-electron chi connectivity index (χ4n) is 1.94. The Balaban J connectivity index is 2.29. The molecule has 0 radical (unpaired) electrons. The van der Waals surface area contributed by atoms with E-state index in [9.17, 15) is 9.18 Å². The second-order valence-corrected chi connectivity index (χ2v) is 4.35. The quantitative estimate of drug-likeness (QED) is 0.729. The molecule has 15 heavy (non-hydrogen) atoms. The average Bonchev–Trinajstić information content (AvgIpc) is 2.46. The maximum absolute atomic E-state index is 13.4. The van der Waals surface area contributed by atoms with Crippen molar-refractivity contribution >= 4 is 5.91 Å². The van der Waals surface area contributed by atoms with E-state index in [0.29, 0.717) is 30.1 Å². The van der Waals surface area contributed by atoms with Crippen LogP contribution in [0.4, 0.5) is 4.39 Å². The van der Waals surface area contributed by atoms with Crippen LogP contribution < -0.4 is 0 Å². The summed E-state index contributed by atoms with van der Waals surface area (Å²) in [6.07, 6.45) is 0. The first-order valence-electron chi connectivity index (χ1n) is 5.16. The zero-order valence-electron chi connectivity index (χ0n) is 8.96. The Labute approximate surface area is 88.7 Å². The number of hydrogen-bond donors (Lipinski definition) is 0. The number of carbonyl (C=O) groups is 1. The smallest absolute Gasteiger partial charge is 0.254 e. The molecule has 0 unspecified atom stereocenters. The Kier molecular flexibility index (Phi) is 2.47. The lowest BCUT2D eigenvalue weighted by Gasteiger charge is -2.17. The number of nitrogens with zero attached hydrogens (tertiary/aromatic N) is 1. The average molecular weight is 207 g/mol. The largest absolute Gasteiger partial charge is 0.334 e. The van der Waals surface area contributed by atoms with E-state index in [1.807, 2.05) is 13.8 Å². The van der Waals surface area contributed by atoms with Crippen LogP contribution >= 0.6 is 0 Å². The third-order valence-electron chi connectivity index (χ3n) is 2.57. The van der Waals surface area contributed by atoms with Gasteiger partial charge in [0.1, 0.15) is 5.82 Å². The van der Waals surface area contributed by atoms with Crippen LogP contribution in [0.25, 0.3) is 0 Å². The lowest BCUT2D eigenvalue weighted by atomic mass is 10.1. The highest BCUT2D eigenvalue weighted by Gasteiger charge is 2.29. The minimum absolute atomic E-state index is 0.0433. The second-order valence-electron chi connectivity index (χ2n) is 4.35. The summed E-state index contributed by atoms with van der Waals surface area (Å²) in [5, 5.41) is 0. The van der Waals surface area contributed by atoms with E-state index in [1.165, 1.54) is 6.07 Å². The van der Waals surface area contributed by atoms with Gasteiger partial charge in [0.2, 0.25) is 0 Å². The van der Waals surface area contributed by atoms with Crippen LogP contribution in [0.15, 0.2) is 18.2 Å². The lowest BCUT2D eigenvalue weighted by molar-refractivity contribution is 0.0759. The topological polar surface area (TPSA) is 20.3 Å². The van der Waals surface area contributed by atoms with Crippen molar-refractivity contribution in [1.29, 1.82) is 0 Å². The van der Waals surface area contributed by atoms with E-state index in [0.717, 1.165) is 0 Å². The molecule has 0 fully saturated rings. The predicted octanol–water partition coefficient (Wildman–Crippen LogP) is 2.44. The summed E-state index contributed by atoms with van der Waals surface area (Å²) in [5.41, 5.74) is 1.07. The summed E-state index contributed by atoms with van der Waals surface area (Å²) in [6, 6.07) is 4.69. The number of rotatable bonds is 2. The van der Waals surface area contributed by atoms with Gasteiger partial charge in [-0.3, -0.25) is 4.79 Å². The van der Waals surface area contributed by atoms with E-state index in [-0.39, 0.29) is 11.7 Å². The van der Waals surface area contributed by atoms with Gasteiger partial charge in [0.05, 0.1) is 0 Å². The molecular weight excluding hydrogens is 193 g/mol. The summed E-state index contributed by atoms with van der Waals surface area (Å²) in [4.78, 5) is 13.6. The van der Waals surface area contributed by atoms with Gasteiger partial charge in [-0.15, -0.1) is 0 Å². The molecule has 2 rings (SSSR count). The summed E-state index contributed by atoms with van der Waals surface area (Å²) in [6.45, 7) is 5.20. The Bertz CT molecular complexity index is 401. The minimum atomic E-state index is -0.271. The molecule has 0 aromatic heterocycles. The van der Waals surface area contributed by atoms with Crippen molar-refractivity contribution in [2.24, 2.45) is 5.92 Å². The van der Waals surface area contributed by atoms with Crippen molar-refractivity contribution in [2.45, 2.75) is 20.4 Å². The van der Waals surface area contributed by atoms with Crippen LogP contribution in [0.2, 0.25) is 0 Å². The third kappa shape index (κ3) is 1.74. The monoisotopic (exact) mass is 207 g/mol. The highest BCUT2D eigenvalue weighted by molar-refractivity contribution is 5.98. The predicted molar refractivity (Wildman–Crippen MR) is 56.0 cm³/mol. The molecule has 0 N–H and O–H groups in total. The molecule has 80 valence electrons. The summed E-state index contributed by atoms with van der Waals surface area (Å²) < 4.78 is 13.4. The van der Waals surface area contributed by atoms with Gasteiger partial charge >= 0.3 is 0 Å². The Hall–Kier alpha value is -1.38. The molecule has 1 aromatic carbocycles. The van der Waals surface area contributed by atoms with Crippen molar-refractivity contribution in [3.05, 3.63) is 35.1 Å². The summed E-state index contributed by atoms with van der Waals surface area (Å²) in [7, 11) is 0. The van der Waals surface area contributed by atoms with Gasteiger partial charge in [-0.1, -0.05) is 19.9 Å². The van der Waals surface area contributed by atoms with E-state index in [4.69, 9.17) is 0 Å². The molecule has 0 saturated heterocycles. The van der Waals surface area contributed by atoms with Crippen molar-refractivity contribution in [1.82, 2.24) is 4.90 Å². The van der Waals surface area contributed by atoms with Gasteiger partial charge in [-0.25, -0.2) is 4.39 Å². The number of halogens is 1. The maximum Gasteiger partial charge on any atom is 0.254 e. The standard InChI is InChI=1S/C12H14FNO/c1-8(2)6-14-7-10-9(12(14)15)4-3-5-11(10)13/h3-5,8H,6-7H2,1-2H3. The summed E-state index contributed by atoms with van der Waals surface area (Å²) in [5.74, 6) is 0.0941. The van der Waals surface area contributed by atoms with Gasteiger partial charge in [0, 0.05) is 24.2 Å². The second kappa shape index (κ2) is 3.65. The van der Waals surface area contributed by atoms with Crippen molar-refractivity contribution < 1.29 is 9.18 Å². The number of benzene rings is 1. The minimum Gasteiger partial charge on any atom is -0.334 e. The molecule has 0 bridgehead atoms. The molecule has 0 saturated carbocycles. The molecule has 2 nitrogen and oxygen atoms in total. The Morgan fingerprint density at radius 3 is 2.80 bits per heavy atom. The van der Waals surface area contributed by atoms with Crippen LogP contribution in [-0.2, 0) is 6.54 Å². The molecule has 1 heterocycles. The van der Waals surface area contributed by atoms with Crippen LogP contribution in [0.5, 0.6) is 0 Å². The number of fused-ring (bicyclic) bond motifs is 1. The Morgan fingerprint density at radius 1 is 1.47 bits per heavy atom. The first kappa shape index (κ1) is 10.1. The SMILES string of the molecule is CC(C)CN1Cc2c(F)cccc2C1=O. The zero-order chi connectivity index (χ0) is 11.0. The molecular formula is C12H14FNO. The van der Waals surface area contributed by atoms with E-state index in [1.54, 1.807) is 17.0 Å².